The minimum atomic E-state index is -0.332. The van der Waals surface area contributed by atoms with Crippen LogP contribution in [-0.4, -0.2) is 56.1 Å². The van der Waals surface area contributed by atoms with Crippen LogP contribution in [0.4, 0.5) is 0 Å². The Hall–Kier alpha value is -2.28. The summed E-state index contributed by atoms with van der Waals surface area (Å²) in [6.07, 6.45) is 2.90. The van der Waals surface area contributed by atoms with Crippen LogP contribution in [0.1, 0.15) is 49.9 Å². The standard InChI is InChI=1S/C21H33N3O4/c1-5-21(6-2,14-22)23-19(25)15-7-9-24(10-8-15)20(26)16-11-17(27-3)13-18(12-16)28-4/h11-13,15H,5-10,14,22H2,1-4H3,(H,23,25). The van der Waals surface area contributed by atoms with Gasteiger partial charge in [0.2, 0.25) is 5.91 Å². The predicted molar refractivity (Wildman–Crippen MR) is 109 cm³/mol. The summed E-state index contributed by atoms with van der Waals surface area (Å²) in [6.45, 7) is 5.61. The highest BCUT2D eigenvalue weighted by Crippen LogP contribution is 2.26. The lowest BCUT2D eigenvalue weighted by Gasteiger charge is -2.36. The zero-order chi connectivity index (χ0) is 20.7. The molecule has 0 radical (unpaired) electrons. The number of likely N-dealkylation sites (tertiary alicyclic amines) is 1. The van der Waals surface area contributed by atoms with E-state index in [-0.39, 0.29) is 23.3 Å². The third kappa shape index (κ3) is 4.95. The molecule has 7 heteroatoms. The molecule has 0 saturated carbocycles. The van der Waals surface area contributed by atoms with Crippen molar-refractivity contribution in [3.8, 4) is 11.5 Å². The maximum Gasteiger partial charge on any atom is 0.254 e. The van der Waals surface area contributed by atoms with Gasteiger partial charge in [-0.05, 0) is 37.8 Å². The fourth-order valence-corrected chi connectivity index (χ4v) is 3.59. The van der Waals surface area contributed by atoms with Crippen LogP contribution in [0.3, 0.4) is 0 Å². The molecule has 1 fully saturated rings. The molecule has 2 rings (SSSR count). The van der Waals surface area contributed by atoms with E-state index in [2.05, 4.69) is 5.32 Å². The Morgan fingerprint density at radius 2 is 1.64 bits per heavy atom. The third-order valence-corrected chi connectivity index (χ3v) is 5.88. The van der Waals surface area contributed by atoms with E-state index in [1.165, 1.54) is 0 Å². The number of amides is 2. The number of ether oxygens (including phenoxy) is 2. The van der Waals surface area contributed by atoms with Gasteiger partial charge in [0.05, 0.1) is 19.8 Å². The van der Waals surface area contributed by atoms with Crippen molar-refractivity contribution in [1.82, 2.24) is 10.2 Å². The van der Waals surface area contributed by atoms with E-state index in [1.54, 1.807) is 37.3 Å². The summed E-state index contributed by atoms with van der Waals surface area (Å²) in [5.41, 5.74) is 6.09. The van der Waals surface area contributed by atoms with Crippen LogP contribution in [0.15, 0.2) is 18.2 Å². The van der Waals surface area contributed by atoms with Gasteiger partial charge in [-0.15, -0.1) is 0 Å². The zero-order valence-corrected chi connectivity index (χ0v) is 17.4. The van der Waals surface area contributed by atoms with Gasteiger partial charge in [0.25, 0.3) is 5.91 Å². The molecule has 1 aliphatic rings. The number of carbonyl (C=O) groups excluding carboxylic acids is 2. The van der Waals surface area contributed by atoms with E-state index in [9.17, 15) is 9.59 Å². The number of benzene rings is 1. The van der Waals surface area contributed by atoms with E-state index in [0.717, 1.165) is 12.8 Å². The van der Waals surface area contributed by atoms with Gasteiger partial charge in [0, 0.05) is 37.2 Å². The largest absolute Gasteiger partial charge is 0.497 e. The zero-order valence-electron chi connectivity index (χ0n) is 17.4. The monoisotopic (exact) mass is 391 g/mol. The Bertz CT molecular complexity index is 650. The molecule has 3 N–H and O–H groups in total. The van der Waals surface area contributed by atoms with Crippen LogP contribution in [0, 0.1) is 5.92 Å². The second-order valence-corrected chi connectivity index (χ2v) is 7.35. The topological polar surface area (TPSA) is 93.9 Å². The van der Waals surface area contributed by atoms with E-state index in [4.69, 9.17) is 15.2 Å². The SMILES string of the molecule is CCC(CC)(CN)NC(=O)C1CCN(C(=O)c2cc(OC)cc(OC)c2)CC1. The Morgan fingerprint density at radius 1 is 1.11 bits per heavy atom. The number of nitrogens with two attached hydrogens (primary N) is 1. The second-order valence-electron chi connectivity index (χ2n) is 7.35. The van der Waals surface area contributed by atoms with Gasteiger partial charge in [0.1, 0.15) is 11.5 Å². The molecule has 156 valence electrons. The van der Waals surface area contributed by atoms with Gasteiger partial charge in [-0.2, -0.15) is 0 Å². The van der Waals surface area contributed by atoms with Gasteiger partial charge >= 0.3 is 0 Å². The summed E-state index contributed by atoms with van der Waals surface area (Å²) in [5.74, 6) is 1.04. The first-order chi connectivity index (χ1) is 13.4. The lowest BCUT2D eigenvalue weighted by atomic mass is 9.89. The van der Waals surface area contributed by atoms with Gasteiger partial charge in [0.15, 0.2) is 0 Å². The van der Waals surface area contributed by atoms with Crippen LogP contribution in [0.2, 0.25) is 0 Å². The van der Waals surface area contributed by atoms with Crippen LogP contribution in [0.5, 0.6) is 11.5 Å². The molecule has 1 heterocycles. The van der Waals surface area contributed by atoms with Crippen molar-refractivity contribution in [2.75, 3.05) is 33.9 Å². The van der Waals surface area contributed by atoms with Gasteiger partial charge in [-0.1, -0.05) is 13.8 Å². The average molecular weight is 392 g/mol. The number of nitrogens with one attached hydrogen (secondary N) is 1. The molecule has 1 aliphatic heterocycles. The van der Waals surface area contributed by atoms with Crippen molar-refractivity contribution >= 4 is 11.8 Å². The first kappa shape index (κ1) is 22.0. The molecule has 0 spiro atoms. The smallest absolute Gasteiger partial charge is 0.254 e. The van der Waals surface area contributed by atoms with Crippen molar-refractivity contribution < 1.29 is 19.1 Å². The molecule has 2 amide bonds. The van der Waals surface area contributed by atoms with Crippen LogP contribution in [0.25, 0.3) is 0 Å². The number of carbonyl (C=O) groups is 2. The summed E-state index contributed by atoms with van der Waals surface area (Å²) in [4.78, 5) is 27.4. The minimum absolute atomic E-state index is 0.0456. The van der Waals surface area contributed by atoms with E-state index >= 15 is 0 Å². The first-order valence-electron chi connectivity index (χ1n) is 9.96. The Kier molecular flexibility index (Phi) is 7.69. The third-order valence-electron chi connectivity index (χ3n) is 5.88. The summed E-state index contributed by atoms with van der Waals surface area (Å²) in [5, 5.41) is 3.15. The van der Waals surface area contributed by atoms with E-state index < -0.39 is 0 Å². The summed E-state index contributed by atoms with van der Waals surface area (Å²) in [7, 11) is 3.11. The number of hydrogen-bond donors (Lipinski definition) is 2. The van der Waals surface area contributed by atoms with Gasteiger partial charge in [-0.25, -0.2) is 0 Å². The van der Waals surface area contributed by atoms with Crippen LogP contribution in [-0.2, 0) is 4.79 Å². The molecular formula is C21H33N3O4. The normalized spacial score (nSPS) is 15.2. The molecule has 1 saturated heterocycles. The number of rotatable bonds is 8. The Balaban J connectivity index is 2.00. The van der Waals surface area contributed by atoms with Crippen molar-refractivity contribution in [2.24, 2.45) is 11.7 Å². The second kappa shape index (κ2) is 9.78. The number of piperidine rings is 1. The van der Waals surface area contributed by atoms with Crippen molar-refractivity contribution in [3.05, 3.63) is 23.8 Å². The van der Waals surface area contributed by atoms with Gasteiger partial charge < -0.3 is 25.4 Å². The molecular weight excluding hydrogens is 358 g/mol. The summed E-state index contributed by atoms with van der Waals surface area (Å²) < 4.78 is 10.5. The fourth-order valence-electron chi connectivity index (χ4n) is 3.59. The van der Waals surface area contributed by atoms with Crippen molar-refractivity contribution in [1.29, 1.82) is 0 Å². The van der Waals surface area contributed by atoms with Crippen LogP contribution < -0.4 is 20.5 Å². The summed E-state index contributed by atoms with van der Waals surface area (Å²) in [6, 6.07) is 5.15. The van der Waals surface area contributed by atoms with E-state index in [1.807, 2.05) is 13.8 Å². The molecule has 0 atom stereocenters. The molecule has 1 aromatic rings. The lowest BCUT2D eigenvalue weighted by molar-refractivity contribution is -0.128. The quantitative estimate of drug-likeness (QED) is 0.708. The van der Waals surface area contributed by atoms with Crippen molar-refractivity contribution in [2.45, 2.75) is 45.1 Å². The minimum Gasteiger partial charge on any atom is -0.497 e. The molecule has 28 heavy (non-hydrogen) atoms. The number of nitrogens with zero attached hydrogens (tertiary/aromatic N) is 1. The lowest BCUT2D eigenvalue weighted by Crippen LogP contribution is -2.55. The number of hydrogen-bond acceptors (Lipinski definition) is 5. The molecule has 7 nitrogen and oxygen atoms in total. The molecule has 0 aromatic heterocycles. The fraction of sp³-hybridized carbons (Fsp3) is 0.619. The Labute approximate surface area is 167 Å². The highest BCUT2D eigenvalue weighted by molar-refractivity contribution is 5.95. The Morgan fingerprint density at radius 3 is 2.07 bits per heavy atom. The highest BCUT2D eigenvalue weighted by atomic mass is 16.5. The predicted octanol–water partition coefficient (Wildman–Crippen LogP) is 2.19. The molecule has 1 aromatic carbocycles. The molecule has 0 bridgehead atoms. The highest BCUT2D eigenvalue weighted by Gasteiger charge is 2.33. The number of methoxy groups -OCH3 is 2. The molecule has 0 aliphatic carbocycles. The average Bonchev–Trinajstić information content (AvgIpc) is 2.76. The summed E-state index contributed by atoms with van der Waals surface area (Å²) >= 11 is 0. The van der Waals surface area contributed by atoms with E-state index in [0.29, 0.717) is 49.5 Å². The van der Waals surface area contributed by atoms with Gasteiger partial charge in [-0.3, -0.25) is 9.59 Å². The first-order valence-corrected chi connectivity index (χ1v) is 9.96. The van der Waals surface area contributed by atoms with Crippen LogP contribution >= 0.6 is 0 Å². The maximum absolute atomic E-state index is 12.9. The maximum atomic E-state index is 12.9. The van der Waals surface area contributed by atoms with Crippen molar-refractivity contribution in [3.63, 3.8) is 0 Å². The molecule has 0 unspecified atom stereocenters.